The lowest BCUT2D eigenvalue weighted by molar-refractivity contribution is 0.00136. The first-order chi connectivity index (χ1) is 8.36. The van der Waals surface area contributed by atoms with E-state index in [-0.39, 0.29) is 24.8 Å². The van der Waals surface area contributed by atoms with Gasteiger partial charge < -0.3 is 5.32 Å². The summed E-state index contributed by atoms with van der Waals surface area (Å²) in [4.78, 5) is 0. The van der Waals surface area contributed by atoms with Crippen molar-refractivity contribution >= 4 is 0 Å². The first-order valence-electron chi connectivity index (χ1n) is 7.16. The molecular weight excluding hydrogens is 239 g/mol. The van der Waals surface area contributed by atoms with Crippen molar-refractivity contribution in [1.29, 1.82) is 0 Å². The van der Waals surface area contributed by atoms with E-state index in [1.165, 1.54) is 0 Å². The number of hydrogen-bond donors (Lipinski definition) is 1. The summed E-state index contributed by atoms with van der Waals surface area (Å²) in [6, 6.07) is 0.232. The van der Waals surface area contributed by atoms with Gasteiger partial charge in [-0.15, -0.1) is 0 Å². The molecule has 0 radical (unpaired) electrons. The molecular formula is C14H24F3N. The molecule has 3 atom stereocenters. The number of alkyl halides is 3. The molecule has 0 bridgehead atoms. The standard InChI is InChI=1S/C14H24F3N/c1-13(15,10-12-4-2-3-7-18-12)8-11-5-6-14(16,17)9-11/h11-12,18H,2-10H2,1H3. The molecule has 2 rings (SSSR count). The predicted octanol–water partition coefficient (Wildman–Crippen LogP) is 4.07. The molecule has 4 heteroatoms. The van der Waals surface area contributed by atoms with E-state index in [2.05, 4.69) is 5.32 Å². The van der Waals surface area contributed by atoms with Crippen molar-refractivity contribution in [3.63, 3.8) is 0 Å². The van der Waals surface area contributed by atoms with E-state index in [1.54, 1.807) is 6.92 Å². The molecule has 106 valence electrons. The zero-order valence-electron chi connectivity index (χ0n) is 11.2. The van der Waals surface area contributed by atoms with Gasteiger partial charge in [-0.25, -0.2) is 13.2 Å². The Bertz CT molecular complexity index is 272. The van der Waals surface area contributed by atoms with Gasteiger partial charge in [0.25, 0.3) is 0 Å². The maximum atomic E-state index is 14.5. The van der Waals surface area contributed by atoms with Crippen LogP contribution in [0.15, 0.2) is 0 Å². The highest BCUT2D eigenvalue weighted by molar-refractivity contribution is 4.89. The molecule has 2 aliphatic rings. The molecule has 2 fully saturated rings. The van der Waals surface area contributed by atoms with Gasteiger partial charge in [-0.1, -0.05) is 6.42 Å². The minimum Gasteiger partial charge on any atom is -0.314 e. The van der Waals surface area contributed by atoms with Gasteiger partial charge in [0.1, 0.15) is 5.67 Å². The summed E-state index contributed by atoms with van der Waals surface area (Å²) in [6.45, 7) is 2.54. The molecule has 1 aliphatic heterocycles. The number of hydrogen-bond acceptors (Lipinski definition) is 1. The van der Waals surface area contributed by atoms with Gasteiger partial charge in [-0.3, -0.25) is 0 Å². The van der Waals surface area contributed by atoms with Crippen LogP contribution in [0.2, 0.25) is 0 Å². The number of nitrogens with one attached hydrogen (secondary N) is 1. The number of halogens is 3. The molecule has 1 heterocycles. The Morgan fingerprint density at radius 2 is 2.00 bits per heavy atom. The molecule has 0 aromatic heterocycles. The number of piperidine rings is 1. The van der Waals surface area contributed by atoms with Crippen molar-refractivity contribution in [1.82, 2.24) is 5.32 Å². The molecule has 1 nitrogen and oxygen atoms in total. The molecule has 0 aromatic carbocycles. The Morgan fingerprint density at radius 3 is 2.56 bits per heavy atom. The first kappa shape index (κ1) is 14.2. The van der Waals surface area contributed by atoms with Gasteiger partial charge in [0.15, 0.2) is 0 Å². The normalized spacial score (nSPS) is 35.3. The molecule has 1 saturated heterocycles. The maximum absolute atomic E-state index is 14.5. The van der Waals surface area contributed by atoms with Crippen LogP contribution in [-0.2, 0) is 0 Å². The number of rotatable bonds is 4. The van der Waals surface area contributed by atoms with Crippen molar-refractivity contribution < 1.29 is 13.2 Å². The lowest BCUT2D eigenvalue weighted by Gasteiger charge is -2.31. The molecule has 3 unspecified atom stereocenters. The molecule has 18 heavy (non-hydrogen) atoms. The summed E-state index contributed by atoms with van der Waals surface area (Å²) < 4.78 is 40.7. The fourth-order valence-electron chi connectivity index (χ4n) is 3.51. The fourth-order valence-corrected chi connectivity index (χ4v) is 3.51. The van der Waals surface area contributed by atoms with Gasteiger partial charge in [0, 0.05) is 18.9 Å². The Hall–Kier alpha value is -0.250. The lowest BCUT2D eigenvalue weighted by atomic mass is 9.85. The van der Waals surface area contributed by atoms with E-state index in [1.807, 2.05) is 0 Å². The van der Waals surface area contributed by atoms with E-state index >= 15 is 0 Å². The van der Waals surface area contributed by atoms with Gasteiger partial charge in [-0.05, 0) is 51.5 Å². The minimum absolute atomic E-state index is 0.0601. The predicted molar refractivity (Wildman–Crippen MR) is 66.7 cm³/mol. The van der Waals surface area contributed by atoms with E-state index in [0.717, 1.165) is 25.8 Å². The van der Waals surface area contributed by atoms with Crippen LogP contribution >= 0.6 is 0 Å². The van der Waals surface area contributed by atoms with Gasteiger partial charge in [0.2, 0.25) is 5.92 Å². The van der Waals surface area contributed by atoms with Crippen LogP contribution < -0.4 is 5.32 Å². The minimum atomic E-state index is -2.55. The first-order valence-corrected chi connectivity index (χ1v) is 7.16. The lowest BCUT2D eigenvalue weighted by Crippen LogP contribution is -2.39. The second-order valence-electron chi connectivity index (χ2n) is 6.43. The van der Waals surface area contributed by atoms with Gasteiger partial charge in [-0.2, -0.15) is 0 Å². The van der Waals surface area contributed by atoms with Crippen LogP contribution in [0.1, 0.15) is 58.3 Å². The topological polar surface area (TPSA) is 12.0 Å². The highest BCUT2D eigenvalue weighted by atomic mass is 19.3. The SMILES string of the molecule is CC(F)(CC1CCC(F)(F)C1)CC1CCCCN1. The Labute approximate surface area is 108 Å². The monoisotopic (exact) mass is 263 g/mol. The third-order valence-electron chi connectivity index (χ3n) is 4.30. The average Bonchev–Trinajstić information content (AvgIpc) is 2.57. The van der Waals surface area contributed by atoms with Crippen molar-refractivity contribution in [3.8, 4) is 0 Å². The quantitative estimate of drug-likeness (QED) is 0.806. The summed E-state index contributed by atoms with van der Waals surface area (Å²) in [7, 11) is 0. The summed E-state index contributed by atoms with van der Waals surface area (Å²) in [5, 5.41) is 3.33. The summed E-state index contributed by atoms with van der Waals surface area (Å²) in [5.74, 6) is -2.69. The Kier molecular flexibility index (Phi) is 4.25. The van der Waals surface area contributed by atoms with Crippen LogP contribution in [0.5, 0.6) is 0 Å². The summed E-state index contributed by atoms with van der Waals surface area (Å²) >= 11 is 0. The third-order valence-corrected chi connectivity index (χ3v) is 4.30. The second kappa shape index (κ2) is 5.40. The Morgan fingerprint density at radius 1 is 1.22 bits per heavy atom. The average molecular weight is 263 g/mol. The van der Waals surface area contributed by atoms with Crippen molar-refractivity contribution in [2.24, 2.45) is 5.92 Å². The zero-order valence-corrected chi connectivity index (χ0v) is 11.2. The van der Waals surface area contributed by atoms with Crippen LogP contribution in [0.3, 0.4) is 0 Å². The molecule has 0 aromatic rings. The molecule has 1 saturated carbocycles. The molecule has 1 aliphatic carbocycles. The van der Waals surface area contributed by atoms with Gasteiger partial charge >= 0.3 is 0 Å². The Balaban J connectivity index is 1.79. The maximum Gasteiger partial charge on any atom is 0.248 e. The molecule has 0 spiro atoms. The smallest absolute Gasteiger partial charge is 0.248 e. The largest absolute Gasteiger partial charge is 0.314 e. The van der Waals surface area contributed by atoms with Crippen molar-refractivity contribution in [2.45, 2.75) is 75.9 Å². The molecule has 0 amide bonds. The van der Waals surface area contributed by atoms with Crippen LogP contribution in [0.4, 0.5) is 13.2 Å². The van der Waals surface area contributed by atoms with E-state index in [9.17, 15) is 13.2 Å². The van der Waals surface area contributed by atoms with Crippen LogP contribution in [0, 0.1) is 5.92 Å². The van der Waals surface area contributed by atoms with Crippen LogP contribution in [0.25, 0.3) is 0 Å². The summed E-state index contributed by atoms with van der Waals surface area (Å²) in [5.41, 5.74) is -1.31. The van der Waals surface area contributed by atoms with E-state index in [4.69, 9.17) is 0 Å². The second-order valence-corrected chi connectivity index (χ2v) is 6.43. The highest BCUT2D eigenvalue weighted by Crippen LogP contribution is 2.43. The zero-order chi connectivity index (χ0) is 13.2. The van der Waals surface area contributed by atoms with Crippen molar-refractivity contribution in [2.75, 3.05) is 6.54 Å². The highest BCUT2D eigenvalue weighted by Gasteiger charge is 2.42. The van der Waals surface area contributed by atoms with Gasteiger partial charge in [0.05, 0.1) is 0 Å². The van der Waals surface area contributed by atoms with Crippen molar-refractivity contribution in [3.05, 3.63) is 0 Å². The van der Waals surface area contributed by atoms with E-state index < -0.39 is 11.6 Å². The van der Waals surface area contributed by atoms with Crippen LogP contribution in [-0.4, -0.2) is 24.2 Å². The fraction of sp³-hybridized carbons (Fsp3) is 1.00. The third kappa shape index (κ3) is 4.15. The van der Waals surface area contributed by atoms with E-state index in [0.29, 0.717) is 19.3 Å². The summed E-state index contributed by atoms with van der Waals surface area (Å²) in [6.07, 6.45) is 4.38. The molecule has 1 N–H and O–H groups in total.